The van der Waals surface area contributed by atoms with Crippen LogP contribution in [-0.4, -0.2) is 50.2 Å². The van der Waals surface area contributed by atoms with Crippen LogP contribution >= 0.6 is 0 Å². The van der Waals surface area contributed by atoms with Crippen molar-refractivity contribution in [1.29, 1.82) is 0 Å². The molecule has 6 nitrogen and oxygen atoms in total. The first kappa shape index (κ1) is 19.2. The monoisotopic (exact) mass is 358 g/mol. The van der Waals surface area contributed by atoms with Gasteiger partial charge in [-0.3, -0.25) is 4.79 Å². The lowest BCUT2D eigenvalue weighted by Gasteiger charge is -2.31. The van der Waals surface area contributed by atoms with Gasteiger partial charge in [0.25, 0.3) is 5.91 Å². The third-order valence-electron chi connectivity index (χ3n) is 3.93. The summed E-state index contributed by atoms with van der Waals surface area (Å²) in [5.74, 6) is -0.449. The van der Waals surface area contributed by atoms with Gasteiger partial charge in [0.2, 0.25) is 0 Å². The lowest BCUT2D eigenvalue weighted by atomic mass is 9.99. The molecule has 1 atom stereocenters. The van der Waals surface area contributed by atoms with Crippen molar-refractivity contribution < 1.29 is 23.1 Å². The first-order valence-corrected chi connectivity index (χ1v) is 8.22. The van der Waals surface area contributed by atoms with Crippen LogP contribution < -0.4 is 0 Å². The fourth-order valence-corrected chi connectivity index (χ4v) is 2.77. The van der Waals surface area contributed by atoms with Crippen molar-refractivity contribution in [1.82, 2.24) is 19.5 Å². The summed E-state index contributed by atoms with van der Waals surface area (Å²) in [5, 5.41) is 13.0. The molecule has 2 aromatic heterocycles. The average molecular weight is 358 g/mol. The number of aliphatic hydroxyl groups is 1. The number of hydrogen-bond acceptors (Lipinski definition) is 4. The number of likely N-dealkylation sites (tertiary alicyclic amines) is 1. The predicted octanol–water partition coefficient (Wildman–Crippen LogP) is 2.62. The molecule has 0 aromatic carbocycles. The highest BCUT2D eigenvalue weighted by Gasteiger charge is 2.35. The van der Waals surface area contributed by atoms with E-state index in [9.17, 15) is 23.1 Å². The highest BCUT2D eigenvalue weighted by atomic mass is 19.4. The molecule has 25 heavy (non-hydrogen) atoms. The maximum absolute atomic E-state index is 13.0. The third kappa shape index (κ3) is 4.09. The van der Waals surface area contributed by atoms with Crippen molar-refractivity contribution >= 4 is 11.6 Å². The summed E-state index contributed by atoms with van der Waals surface area (Å²) in [7, 11) is 0. The molecule has 0 aliphatic carbocycles. The SMILES string of the molecule is CC.O=C(c1cc2nccc(C(F)(F)F)n2n1)N1CCCC(CO)C1. The van der Waals surface area contributed by atoms with E-state index >= 15 is 0 Å². The number of rotatable bonds is 2. The van der Waals surface area contributed by atoms with Crippen LogP contribution in [0.1, 0.15) is 42.9 Å². The van der Waals surface area contributed by atoms with Crippen molar-refractivity contribution in [3.8, 4) is 0 Å². The number of fused-ring (bicyclic) bond motifs is 1. The summed E-state index contributed by atoms with van der Waals surface area (Å²) in [6.45, 7) is 4.86. The molecule has 0 bridgehead atoms. The third-order valence-corrected chi connectivity index (χ3v) is 3.93. The summed E-state index contributed by atoms with van der Waals surface area (Å²) in [6.07, 6.45) is -1.97. The van der Waals surface area contributed by atoms with Crippen LogP contribution in [0.4, 0.5) is 13.2 Å². The van der Waals surface area contributed by atoms with Gasteiger partial charge < -0.3 is 10.0 Å². The van der Waals surface area contributed by atoms with E-state index in [0.29, 0.717) is 17.6 Å². The Hall–Kier alpha value is -2.16. The van der Waals surface area contributed by atoms with E-state index < -0.39 is 17.8 Å². The Morgan fingerprint density at radius 2 is 2.12 bits per heavy atom. The summed E-state index contributed by atoms with van der Waals surface area (Å²) in [5.41, 5.74) is -1.08. The number of carbonyl (C=O) groups excluding carboxylic acids is 1. The molecule has 2 aromatic rings. The lowest BCUT2D eigenvalue weighted by Crippen LogP contribution is -2.41. The van der Waals surface area contributed by atoms with E-state index in [1.807, 2.05) is 13.8 Å². The highest BCUT2D eigenvalue weighted by Crippen LogP contribution is 2.29. The summed E-state index contributed by atoms with van der Waals surface area (Å²) < 4.78 is 39.5. The van der Waals surface area contributed by atoms with E-state index in [1.54, 1.807) is 0 Å². The van der Waals surface area contributed by atoms with Crippen LogP contribution in [0, 0.1) is 5.92 Å². The molecule has 0 radical (unpaired) electrons. The summed E-state index contributed by atoms with van der Waals surface area (Å²) in [6, 6.07) is 2.07. The molecule has 1 N–H and O–H groups in total. The van der Waals surface area contributed by atoms with E-state index in [2.05, 4.69) is 10.1 Å². The number of aromatic nitrogens is 3. The zero-order valence-corrected chi connectivity index (χ0v) is 14.1. The van der Waals surface area contributed by atoms with Gasteiger partial charge in [-0.05, 0) is 24.8 Å². The minimum absolute atomic E-state index is 0.00593. The van der Waals surface area contributed by atoms with Crippen molar-refractivity contribution in [2.24, 2.45) is 5.92 Å². The Labute approximate surface area is 143 Å². The normalized spacial score (nSPS) is 18.0. The summed E-state index contributed by atoms with van der Waals surface area (Å²) in [4.78, 5) is 17.8. The molecule has 1 unspecified atom stereocenters. The molecular formula is C16H21F3N4O2. The van der Waals surface area contributed by atoms with Gasteiger partial charge >= 0.3 is 6.18 Å². The average Bonchev–Trinajstić information content (AvgIpc) is 3.06. The molecule has 1 amide bonds. The van der Waals surface area contributed by atoms with Gasteiger partial charge in [-0.15, -0.1) is 0 Å². The Morgan fingerprint density at radius 1 is 1.40 bits per heavy atom. The van der Waals surface area contributed by atoms with Crippen molar-refractivity contribution in [3.63, 3.8) is 0 Å². The van der Waals surface area contributed by atoms with Crippen molar-refractivity contribution in [3.05, 3.63) is 29.7 Å². The maximum atomic E-state index is 13.0. The van der Waals surface area contributed by atoms with Gasteiger partial charge in [0.05, 0.1) is 0 Å². The molecule has 1 aliphatic heterocycles. The lowest BCUT2D eigenvalue weighted by molar-refractivity contribution is -0.142. The molecule has 1 aliphatic rings. The number of halogens is 3. The van der Waals surface area contributed by atoms with Crippen LogP contribution in [0.15, 0.2) is 18.3 Å². The number of carbonyl (C=O) groups is 1. The molecule has 1 saturated heterocycles. The zero-order valence-electron chi connectivity index (χ0n) is 14.1. The predicted molar refractivity (Wildman–Crippen MR) is 85.1 cm³/mol. The largest absolute Gasteiger partial charge is 0.433 e. The topological polar surface area (TPSA) is 70.7 Å². The fraction of sp³-hybridized carbons (Fsp3) is 0.562. The Bertz CT molecular complexity index is 730. The Morgan fingerprint density at radius 3 is 2.76 bits per heavy atom. The minimum atomic E-state index is -4.58. The molecule has 0 spiro atoms. The van der Waals surface area contributed by atoms with Crippen LogP contribution in [0.2, 0.25) is 0 Å². The summed E-state index contributed by atoms with van der Waals surface area (Å²) >= 11 is 0. The van der Waals surface area contributed by atoms with E-state index in [1.165, 1.54) is 11.0 Å². The van der Waals surface area contributed by atoms with E-state index in [-0.39, 0.29) is 23.9 Å². The van der Waals surface area contributed by atoms with Gasteiger partial charge in [-0.1, -0.05) is 13.8 Å². The first-order valence-electron chi connectivity index (χ1n) is 8.22. The number of piperidine rings is 1. The van der Waals surface area contributed by atoms with Gasteiger partial charge in [0, 0.05) is 32.0 Å². The second-order valence-corrected chi connectivity index (χ2v) is 5.57. The zero-order chi connectivity index (χ0) is 18.6. The van der Waals surface area contributed by atoms with E-state index in [0.717, 1.165) is 25.1 Å². The number of amides is 1. The molecule has 1 fully saturated rings. The first-order chi connectivity index (χ1) is 11.9. The molecule has 3 rings (SSSR count). The molecule has 138 valence electrons. The Balaban J connectivity index is 0.00000109. The number of aliphatic hydroxyl groups excluding tert-OH is 1. The number of alkyl halides is 3. The van der Waals surface area contributed by atoms with Gasteiger partial charge in [-0.25, -0.2) is 9.50 Å². The van der Waals surface area contributed by atoms with Crippen LogP contribution in [0.5, 0.6) is 0 Å². The van der Waals surface area contributed by atoms with Gasteiger partial charge in [-0.2, -0.15) is 18.3 Å². The fourth-order valence-electron chi connectivity index (χ4n) is 2.77. The van der Waals surface area contributed by atoms with Crippen molar-refractivity contribution in [2.45, 2.75) is 32.9 Å². The maximum Gasteiger partial charge on any atom is 0.433 e. The minimum Gasteiger partial charge on any atom is -0.396 e. The highest BCUT2D eigenvalue weighted by molar-refractivity contribution is 5.93. The van der Waals surface area contributed by atoms with Crippen molar-refractivity contribution in [2.75, 3.05) is 19.7 Å². The van der Waals surface area contributed by atoms with Gasteiger partial charge in [0.1, 0.15) is 5.69 Å². The quantitative estimate of drug-likeness (QED) is 0.896. The van der Waals surface area contributed by atoms with Crippen LogP contribution in [-0.2, 0) is 6.18 Å². The standard InChI is InChI=1S/C14H15F3N4O2.C2H6/c15-14(16,17)11-3-4-18-12-6-10(19-21(11)12)13(23)20-5-1-2-9(7-20)8-22;1-2/h3-4,6,9,22H,1-2,5,7-8H2;1-2H3. The molecule has 3 heterocycles. The van der Waals surface area contributed by atoms with Gasteiger partial charge in [0.15, 0.2) is 11.3 Å². The van der Waals surface area contributed by atoms with E-state index in [4.69, 9.17) is 0 Å². The Kier molecular flexibility index (Phi) is 5.99. The molecule has 0 saturated carbocycles. The van der Waals surface area contributed by atoms with Crippen LogP contribution in [0.25, 0.3) is 5.65 Å². The second kappa shape index (κ2) is 7.81. The molecule has 9 heteroatoms. The second-order valence-electron chi connectivity index (χ2n) is 5.57. The van der Waals surface area contributed by atoms with Crippen LogP contribution in [0.3, 0.4) is 0 Å². The number of nitrogens with zero attached hydrogens (tertiary/aromatic N) is 4. The smallest absolute Gasteiger partial charge is 0.396 e. The number of hydrogen-bond donors (Lipinski definition) is 1. The molecular weight excluding hydrogens is 337 g/mol.